The molecule has 1 aliphatic rings. The molecular formula is C56H37N3. The van der Waals surface area contributed by atoms with Crippen LogP contribution in [0, 0.1) is 0 Å². The highest BCUT2D eigenvalue weighted by molar-refractivity contribution is 6.28. The summed E-state index contributed by atoms with van der Waals surface area (Å²) in [4.78, 5) is 5.36. The Balaban J connectivity index is 0.979. The molecule has 10 aromatic carbocycles. The summed E-state index contributed by atoms with van der Waals surface area (Å²) >= 11 is 0. The monoisotopic (exact) mass is 751 g/mol. The van der Waals surface area contributed by atoms with Gasteiger partial charge in [0.1, 0.15) is 0 Å². The van der Waals surface area contributed by atoms with Crippen molar-refractivity contribution in [2.45, 2.75) is 6.04 Å². The maximum Gasteiger partial charge on any atom is 0.0953 e. The van der Waals surface area contributed by atoms with Crippen molar-refractivity contribution >= 4 is 71.2 Å². The quantitative estimate of drug-likeness (QED) is 0.186. The van der Waals surface area contributed by atoms with Crippen molar-refractivity contribution in [2.75, 3.05) is 5.32 Å². The minimum absolute atomic E-state index is 0.155. The highest BCUT2D eigenvalue weighted by Crippen LogP contribution is 2.43. The summed E-state index contributed by atoms with van der Waals surface area (Å²) in [6.07, 6.45) is 0. The van der Waals surface area contributed by atoms with Gasteiger partial charge in [-0.1, -0.05) is 170 Å². The molecule has 11 aromatic rings. The fourth-order valence-electron chi connectivity index (χ4n) is 9.42. The van der Waals surface area contributed by atoms with Crippen molar-refractivity contribution in [3.8, 4) is 27.9 Å². The van der Waals surface area contributed by atoms with Crippen molar-refractivity contribution < 1.29 is 0 Å². The zero-order valence-corrected chi connectivity index (χ0v) is 32.2. The van der Waals surface area contributed by atoms with Gasteiger partial charge in [0.15, 0.2) is 0 Å². The lowest BCUT2D eigenvalue weighted by Crippen LogP contribution is -2.25. The number of hydrogen-bond donors (Lipinski definition) is 1. The largest absolute Gasteiger partial charge is 0.371 e. The van der Waals surface area contributed by atoms with Crippen LogP contribution in [0.25, 0.3) is 82.1 Å². The van der Waals surface area contributed by atoms with Crippen LogP contribution in [-0.2, 0) is 0 Å². The van der Waals surface area contributed by atoms with Gasteiger partial charge in [0.2, 0.25) is 0 Å². The van der Waals surface area contributed by atoms with Crippen LogP contribution in [0.3, 0.4) is 0 Å². The van der Waals surface area contributed by atoms with Gasteiger partial charge in [-0.25, -0.2) is 4.99 Å². The minimum Gasteiger partial charge on any atom is -0.371 e. The predicted octanol–water partition coefficient (Wildman–Crippen LogP) is 14.9. The summed E-state index contributed by atoms with van der Waals surface area (Å²) in [6.45, 7) is 0. The first kappa shape index (κ1) is 33.4. The van der Waals surface area contributed by atoms with E-state index in [0.717, 1.165) is 28.3 Å². The smallest absolute Gasteiger partial charge is 0.0953 e. The third-order valence-corrected chi connectivity index (χ3v) is 12.2. The Morgan fingerprint density at radius 2 is 0.966 bits per heavy atom. The minimum atomic E-state index is -0.155. The fourth-order valence-corrected chi connectivity index (χ4v) is 9.42. The Kier molecular flexibility index (Phi) is 7.60. The van der Waals surface area contributed by atoms with E-state index in [2.05, 4.69) is 222 Å². The fraction of sp³-hybridized carbons (Fsp3) is 0.0179. The van der Waals surface area contributed by atoms with Crippen LogP contribution in [0.15, 0.2) is 217 Å². The number of nitrogens with zero attached hydrogens (tertiary/aromatic N) is 2. The molecule has 0 fully saturated rings. The SMILES string of the molecule is c1ccc(-c2cccc(-c3ccc(C4=Nc5ccccc5NC4c4cccc5cc(-n6c7ccc8ccccc8c7c7c8ccccc8ccc76)ccc45)cc3)c2)cc1. The number of aliphatic imine (C=N–C) groups is 1. The molecule has 3 heteroatoms. The van der Waals surface area contributed by atoms with Gasteiger partial charge in [0.25, 0.3) is 0 Å². The second kappa shape index (κ2) is 13.4. The second-order valence-electron chi connectivity index (χ2n) is 15.6. The van der Waals surface area contributed by atoms with Gasteiger partial charge in [-0.2, -0.15) is 0 Å². The summed E-state index contributed by atoms with van der Waals surface area (Å²) in [5.41, 5.74) is 13.6. The predicted molar refractivity (Wildman–Crippen MR) is 250 cm³/mol. The van der Waals surface area contributed by atoms with Crippen molar-refractivity contribution in [1.82, 2.24) is 4.57 Å². The molecule has 0 saturated heterocycles. The van der Waals surface area contributed by atoms with E-state index in [1.54, 1.807) is 0 Å². The summed E-state index contributed by atoms with van der Waals surface area (Å²) in [7, 11) is 0. The maximum atomic E-state index is 5.36. The topological polar surface area (TPSA) is 29.3 Å². The van der Waals surface area contributed by atoms with E-state index in [-0.39, 0.29) is 6.04 Å². The van der Waals surface area contributed by atoms with Gasteiger partial charge in [-0.3, -0.25) is 0 Å². The standard InChI is InChI=1S/C56H37N3/c1-2-12-36(13-3-1)41-16-10-17-42(34-41)37-24-26-40(27-25-37)55-56(58-50-23-9-8-22-49(50)57-55)48-21-11-18-43-35-44(30-31-45(43)48)59-51-32-28-38-14-4-6-19-46(38)53(51)54-47-20-7-5-15-39(47)29-33-52(54)59/h1-35,56,58H. The molecule has 0 saturated carbocycles. The Morgan fingerprint density at radius 3 is 1.69 bits per heavy atom. The van der Waals surface area contributed by atoms with E-state index < -0.39 is 0 Å². The van der Waals surface area contributed by atoms with Gasteiger partial charge in [-0.15, -0.1) is 0 Å². The number of anilines is 1. The van der Waals surface area contributed by atoms with Crippen molar-refractivity contribution in [2.24, 2.45) is 4.99 Å². The third-order valence-electron chi connectivity index (χ3n) is 12.2. The lowest BCUT2D eigenvalue weighted by molar-refractivity contribution is 1.03. The normalized spacial score (nSPS) is 13.8. The molecule has 59 heavy (non-hydrogen) atoms. The number of para-hydroxylation sites is 2. The van der Waals surface area contributed by atoms with Gasteiger partial charge in [-0.05, 0) is 108 Å². The van der Waals surface area contributed by atoms with Crippen molar-refractivity contribution in [3.05, 3.63) is 223 Å². The number of rotatable bonds is 5. The molecule has 2 heterocycles. The second-order valence-corrected chi connectivity index (χ2v) is 15.6. The van der Waals surface area contributed by atoms with Crippen LogP contribution in [0.2, 0.25) is 0 Å². The van der Waals surface area contributed by atoms with Gasteiger partial charge in [0.05, 0.1) is 34.2 Å². The molecule has 0 radical (unpaired) electrons. The first-order valence-corrected chi connectivity index (χ1v) is 20.3. The molecular weight excluding hydrogens is 715 g/mol. The molecule has 1 aliphatic heterocycles. The highest BCUT2D eigenvalue weighted by atomic mass is 15.0. The van der Waals surface area contributed by atoms with Gasteiger partial charge in [0, 0.05) is 16.5 Å². The molecule has 1 N–H and O–H groups in total. The molecule has 1 atom stereocenters. The van der Waals surface area contributed by atoms with Crippen LogP contribution < -0.4 is 5.32 Å². The van der Waals surface area contributed by atoms with Crippen molar-refractivity contribution in [1.29, 1.82) is 0 Å². The lowest BCUT2D eigenvalue weighted by Gasteiger charge is -2.29. The Morgan fingerprint density at radius 1 is 0.390 bits per heavy atom. The molecule has 0 bridgehead atoms. The highest BCUT2D eigenvalue weighted by Gasteiger charge is 2.27. The van der Waals surface area contributed by atoms with E-state index in [1.807, 2.05) is 0 Å². The van der Waals surface area contributed by atoms with Crippen molar-refractivity contribution in [3.63, 3.8) is 0 Å². The van der Waals surface area contributed by atoms with Gasteiger partial charge < -0.3 is 9.88 Å². The summed E-state index contributed by atoms with van der Waals surface area (Å²) in [6, 6.07) is 76.8. The molecule has 0 amide bonds. The van der Waals surface area contributed by atoms with Crippen LogP contribution in [0.5, 0.6) is 0 Å². The molecule has 0 aliphatic carbocycles. The number of nitrogens with one attached hydrogen (secondary N) is 1. The van der Waals surface area contributed by atoms with Crippen LogP contribution in [-0.4, -0.2) is 10.3 Å². The molecule has 12 rings (SSSR count). The number of fused-ring (bicyclic) bond motifs is 9. The molecule has 1 unspecified atom stereocenters. The molecule has 276 valence electrons. The average molecular weight is 752 g/mol. The summed E-state index contributed by atoms with van der Waals surface area (Å²) < 4.78 is 2.45. The van der Waals surface area contributed by atoms with E-state index in [1.165, 1.54) is 81.9 Å². The number of aromatic nitrogens is 1. The Bertz CT molecular complexity index is 3370. The Hall–Kier alpha value is -7.75. The van der Waals surface area contributed by atoms with Crippen LogP contribution >= 0.6 is 0 Å². The van der Waals surface area contributed by atoms with E-state index in [9.17, 15) is 0 Å². The first-order valence-electron chi connectivity index (χ1n) is 20.3. The average Bonchev–Trinajstić information content (AvgIpc) is 3.67. The van der Waals surface area contributed by atoms with E-state index in [0.29, 0.717) is 0 Å². The summed E-state index contributed by atoms with van der Waals surface area (Å²) in [5, 5.41) is 13.9. The number of hydrogen-bond acceptors (Lipinski definition) is 2. The molecule has 1 aromatic heterocycles. The van der Waals surface area contributed by atoms with Crippen LogP contribution in [0.4, 0.5) is 11.4 Å². The third kappa shape index (κ3) is 5.47. The van der Waals surface area contributed by atoms with Crippen LogP contribution in [0.1, 0.15) is 17.2 Å². The zero-order valence-electron chi connectivity index (χ0n) is 32.2. The zero-order chi connectivity index (χ0) is 38.9. The summed E-state index contributed by atoms with van der Waals surface area (Å²) in [5.74, 6) is 0. The maximum absolute atomic E-state index is 5.36. The lowest BCUT2D eigenvalue weighted by atomic mass is 9.90. The molecule has 0 spiro atoms. The van der Waals surface area contributed by atoms with E-state index in [4.69, 9.17) is 4.99 Å². The number of benzene rings is 10. The van der Waals surface area contributed by atoms with E-state index >= 15 is 0 Å². The molecule has 3 nitrogen and oxygen atoms in total. The Labute approximate surface area is 342 Å². The van der Waals surface area contributed by atoms with Gasteiger partial charge >= 0.3 is 0 Å². The first-order chi connectivity index (χ1) is 29.2.